The van der Waals surface area contributed by atoms with E-state index in [-0.39, 0.29) is 0 Å². The molecule has 1 fully saturated rings. The maximum absolute atomic E-state index is 12.8. The molecule has 0 saturated carbocycles. The molecular formula is C8H14BrFO. The first-order chi connectivity index (χ1) is 5.33. The lowest BCUT2D eigenvalue weighted by Gasteiger charge is -2.22. The summed E-state index contributed by atoms with van der Waals surface area (Å²) in [5, 5.41) is 0.462. The lowest BCUT2D eigenvalue weighted by molar-refractivity contribution is 0.0435. The van der Waals surface area contributed by atoms with Crippen LogP contribution in [0.4, 0.5) is 4.39 Å². The lowest BCUT2D eigenvalue weighted by atomic mass is 9.97. The Hall–Kier alpha value is 0.370. The van der Waals surface area contributed by atoms with Crippen molar-refractivity contribution in [2.24, 2.45) is 5.92 Å². The minimum absolute atomic E-state index is 0.455. The zero-order valence-electron chi connectivity index (χ0n) is 6.56. The van der Waals surface area contributed by atoms with Gasteiger partial charge in [0.25, 0.3) is 0 Å². The summed E-state index contributed by atoms with van der Waals surface area (Å²) in [6, 6.07) is 0. The first-order valence-electron chi connectivity index (χ1n) is 4.10. The van der Waals surface area contributed by atoms with Crippen molar-refractivity contribution < 1.29 is 9.13 Å². The Morgan fingerprint density at radius 2 is 2.45 bits per heavy atom. The van der Waals surface area contributed by atoms with Crippen molar-refractivity contribution >= 4 is 15.9 Å². The Bertz CT molecular complexity index is 104. The Balaban J connectivity index is 2.13. The highest BCUT2D eigenvalue weighted by Crippen LogP contribution is 2.20. The highest BCUT2D eigenvalue weighted by atomic mass is 79.9. The van der Waals surface area contributed by atoms with Crippen LogP contribution in [-0.2, 0) is 4.74 Å². The molecule has 0 radical (unpaired) electrons. The third-order valence-electron chi connectivity index (χ3n) is 2.01. The summed E-state index contributed by atoms with van der Waals surface area (Å²) in [6.45, 7) is 1.62. The third kappa shape index (κ3) is 3.52. The van der Waals surface area contributed by atoms with Crippen molar-refractivity contribution in [3.05, 3.63) is 0 Å². The lowest BCUT2D eigenvalue weighted by Crippen LogP contribution is -2.21. The van der Waals surface area contributed by atoms with Gasteiger partial charge < -0.3 is 4.74 Å². The number of hydrogen-bond donors (Lipinski definition) is 0. The first kappa shape index (κ1) is 9.46. The summed E-state index contributed by atoms with van der Waals surface area (Å²) in [5.41, 5.74) is 0. The van der Waals surface area contributed by atoms with Crippen LogP contribution in [0.15, 0.2) is 0 Å². The maximum Gasteiger partial charge on any atom is 0.110 e. The predicted molar refractivity (Wildman–Crippen MR) is 46.9 cm³/mol. The molecule has 0 aromatic carbocycles. The molecule has 0 spiro atoms. The highest BCUT2D eigenvalue weighted by molar-refractivity contribution is 9.09. The molecule has 1 aliphatic heterocycles. The summed E-state index contributed by atoms with van der Waals surface area (Å²) in [7, 11) is 0. The van der Waals surface area contributed by atoms with Gasteiger partial charge in [0.1, 0.15) is 6.17 Å². The highest BCUT2D eigenvalue weighted by Gasteiger charge is 2.17. The molecule has 0 aliphatic carbocycles. The van der Waals surface area contributed by atoms with E-state index in [1.54, 1.807) is 0 Å². The van der Waals surface area contributed by atoms with E-state index < -0.39 is 6.17 Å². The Labute approximate surface area is 75.4 Å². The van der Waals surface area contributed by atoms with Gasteiger partial charge in [0.2, 0.25) is 0 Å². The van der Waals surface area contributed by atoms with Gasteiger partial charge in [0.05, 0.1) is 0 Å². The normalized spacial score (nSPS) is 28.4. The second-order valence-corrected chi connectivity index (χ2v) is 3.72. The summed E-state index contributed by atoms with van der Waals surface area (Å²) in [6.07, 6.45) is 2.19. The number of hydrogen-bond acceptors (Lipinski definition) is 1. The van der Waals surface area contributed by atoms with Crippen LogP contribution in [-0.4, -0.2) is 24.7 Å². The molecular weight excluding hydrogens is 211 g/mol. The fourth-order valence-electron chi connectivity index (χ4n) is 1.42. The van der Waals surface area contributed by atoms with Crippen LogP contribution >= 0.6 is 15.9 Å². The van der Waals surface area contributed by atoms with Gasteiger partial charge in [-0.05, 0) is 25.2 Å². The van der Waals surface area contributed by atoms with E-state index in [1.165, 1.54) is 0 Å². The molecule has 66 valence electrons. The van der Waals surface area contributed by atoms with E-state index in [4.69, 9.17) is 4.74 Å². The Kier molecular flexibility index (Phi) is 4.38. The van der Waals surface area contributed by atoms with Crippen molar-refractivity contribution in [3.63, 3.8) is 0 Å². The summed E-state index contributed by atoms with van der Waals surface area (Å²) in [5.74, 6) is 0.455. The second kappa shape index (κ2) is 5.09. The van der Waals surface area contributed by atoms with Crippen molar-refractivity contribution in [2.75, 3.05) is 18.5 Å². The van der Waals surface area contributed by atoms with Crippen LogP contribution < -0.4 is 0 Å². The number of ether oxygens (including phenoxy) is 1. The van der Waals surface area contributed by atoms with Gasteiger partial charge in [-0.2, -0.15) is 0 Å². The first-order valence-corrected chi connectivity index (χ1v) is 5.23. The minimum Gasteiger partial charge on any atom is -0.381 e. The quantitative estimate of drug-likeness (QED) is 0.670. The van der Waals surface area contributed by atoms with Crippen molar-refractivity contribution in [1.29, 1.82) is 0 Å². The predicted octanol–water partition coefficient (Wildman–Crippen LogP) is 2.54. The molecule has 0 amide bonds. The van der Waals surface area contributed by atoms with Crippen LogP contribution in [0.1, 0.15) is 19.3 Å². The van der Waals surface area contributed by atoms with E-state index in [0.29, 0.717) is 17.7 Å². The van der Waals surface area contributed by atoms with Crippen LogP contribution in [0, 0.1) is 5.92 Å². The van der Waals surface area contributed by atoms with E-state index in [9.17, 15) is 4.39 Å². The number of halogens is 2. The molecule has 1 aliphatic rings. The molecule has 11 heavy (non-hydrogen) atoms. The van der Waals surface area contributed by atoms with Crippen LogP contribution in [0.5, 0.6) is 0 Å². The Morgan fingerprint density at radius 3 is 3.00 bits per heavy atom. The molecule has 0 aromatic heterocycles. The zero-order chi connectivity index (χ0) is 8.10. The molecule has 0 unspecified atom stereocenters. The zero-order valence-corrected chi connectivity index (χ0v) is 8.15. The topological polar surface area (TPSA) is 9.23 Å². The maximum atomic E-state index is 12.8. The molecule has 1 saturated heterocycles. The van der Waals surface area contributed by atoms with Crippen molar-refractivity contribution in [1.82, 2.24) is 0 Å². The van der Waals surface area contributed by atoms with Crippen LogP contribution in [0.3, 0.4) is 0 Å². The Morgan fingerprint density at radius 1 is 1.64 bits per heavy atom. The van der Waals surface area contributed by atoms with Gasteiger partial charge in [-0.3, -0.25) is 0 Å². The molecule has 1 nitrogen and oxygen atoms in total. The van der Waals surface area contributed by atoms with E-state index in [2.05, 4.69) is 15.9 Å². The minimum atomic E-state index is -0.693. The van der Waals surface area contributed by atoms with E-state index in [1.807, 2.05) is 0 Å². The summed E-state index contributed by atoms with van der Waals surface area (Å²) < 4.78 is 18.1. The van der Waals surface area contributed by atoms with Gasteiger partial charge in [-0.1, -0.05) is 15.9 Å². The molecule has 3 heteroatoms. The molecule has 1 rings (SSSR count). The van der Waals surface area contributed by atoms with Gasteiger partial charge in [0.15, 0.2) is 0 Å². The van der Waals surface area contributed by atoms with Crippen molar-refractivity contribution in [3.8, 4) is 0 Å². The largest absolute Gasteiger partial charge is 0.381 e. The number of rotatable bonds is 3. The molecule has 0 N–H and O–H groups in total. The monoisotopic (exact) mass is 224 g/mol. The van der Waals surface area contributed by atoms with Gasteiger partial charge in [0, 0.05) is 18.5 Å². The fourth-order valence-corrected chi connectivity index (χ4v) is 1.68. The van der Waals surface area contributed by atoms with Crippen LogP contribution in [0.25, 0.3) is 0 Å². The van der Waals surface area contributed by atoms with Gasteiger partial charge in [-0.15, -0.1) is 0 Å². The molecule has 2 atom stereocenters. The van der Waals surface area contributed by atoms with E-state index >= 15 is 0 Å². The molecule has 0 bridgehead atoms. The standard InChI is InChI=1S/C8H14BrFO/c9-5-8(10)4-7-2-1-3-11-6-7/h7-8H,1-6H2/t7-,8+/m0/s1. The average molecular weight is 225 g/mol. The molecule has 1 heterocycles. The second-order valence-electron chi connectivity index (χ2n) is 3.07. The van der Waals surface area contributed by atoms with Gasteiger partial charge >= 0.3 is 0 Å². The molecule has 0 aromatic rings. The SMILES string of the molecule is F[C@@H](CBr)C[C@@H]1CCCOC1. The van der Waals surface area contributed by atoms with Gasteiger partial charge in [-0.25, -0.2) is 4.39 Å². The smallest absolute Gasteiger partial charge is 0.110 e. The summed E-state index contributed by atoms with van der Waals surface area (Å²) in [4.78, 5) is 0. The van der Waals surface area contributed by atoms with Crippen molar-refractivity contribution in [2.45, 2.75) is 25.4 Å². The average Bonchev–Trinajstić information content (AvgIpc) is 2.06. The summed E-state index contributed by atoms with van der Waals surface area (Å²) >= 11 is 3.13. The fraction of sp³-hybridized carbons (Fsp3) is 1.00. The van der Waals surface area contributed by atoms with Crippen LogP contribution in [0.2, 0.25) is 0 Å². The third-order valence-corrected chi connectivity index (χ3v) is 2.71. The van der Waals surface area contributed by atoms with E-state index in [0.717, 1.165) is 26.1 Å². The number of alkyl halides is 2.